The first kappa shape index (κ1) is 37.7. The van der Waals surface area contributed by atoms with Crippen molar-refractivity contribution in [2.75, 3.05) is 38.3 Å². The van der Waals surface area contributed by atoms with E-state index in [9.17, 15) is 8.42 Å². The van der Waals surface area contributed by atoms with E-state index in [0.29, 0.717) is 18.6 Å². The molecule has 3 N–H and O–H groups in total. The molecule has 0 radical (unpaired) electrons. The summed E-state index contributed by atoms with van der Waals surface area (Å²) in [4.78, 5) is 21.9. The van der Waals surface area contributed by atoms with E-state index in [2.05, 4.69) is 36.1 Å². The van der Waals surface area contributed by atoms with Crippen LogP contribution in [0.15, 0.2) is 84.4 Å². The largest absolute Gasteiger partial charge is 0.493 e. The van der Waals surface area contributed by atoms with Gasteiger partial charge in [-0.1, -0.05) is 45.0 Å². The Morgan fingerprint density at radius 3 is 2.18 bits per heavy atom. The van der Waals surface area contributed by atoms with Crippen molar-refractivity contribution in [3.63, 3.8) is 0 Å². The molecule has 2 heterocycles. The maximum absolute atomic E-state index is 13.8. The smallest absolute Gasteiger partial charge is 0.271 e. The monoisotopic (exact) mass is 712 g/mol. The van der Waals surface area contributed by atoms with Gasteiger partial charge >= 0.3 is 0 Å². The average Bonchev–Trinajstić information content (AvgIpc) is 3.09. The van der Waals surface area contributed by atoms with Gasteiger partial charge in [0.05, 0.1) is 30.6 Å². The molecule has 0 saturated carbocycles. The first-order valence-electron chi connectivity index (χ1n) is 15.4. The third-order valence-electron chi connectivity index (χ3n) is 6.74. The number of aromatic nitrogens is 4. The van der Waals surface area contributed by atoms with Gasteiger partial charge in [0.25, 0.3) is 21.8 Å². The second-order valence-corrected chi connectivity index (χ2v) is 13.1. The van der Waals surface area contributed by atoms with Crippen molar-refractivity contribution in [2.45, 2.75) is 43.9 Å². The lowest BCUT2D eigenvalue weighted by molar-refractivity contribution is -0.492. The lowest BCUT2D eigenvalue weighted by atomic mass is 9.87. The van der Waals surface area contributed by atoms with Crippen LogP contribution in [0, 0.1) is 0 Å². The predicted molar refractivity (Wildman–Crippen MR) is 179 cm³/mol. The topological polar surface area (TPSA) is 197 Å². The third-order valence-corrected chi connectivity index (χ3v) is 8.09. The van der Waals surface area contributed by atoms with Crippen LogP contribution in [0.25, 0.3) is 11.6 Å². The fraction of sp³-hybridized carbons (Fsp3) is 0.333. The fourth-order valence-corrected chi connectivity index (χ4v) is 5.21. The van der Waals surface area contributed by atoms with Crippen molar-refractivity contribution >= 4 is 15.8 Å². The Morgan fingerprint density at radius 2 is 1.52 bits per heavy atom. The van der Waals surface area contributed by atoms with E-state index in [4.69, 9.17) is 34.1 Å². The molecule has 50 heavy (non-hydrogen) atoms. The highest BCUT2D eigenvalue weighted by molar-refractivity contribution is 7.92. The van der Waals surface area contributed by atoms with Crippen molar-refractivity contribution in [3.05, 3.63) is 85.1 Å². The zero-order valence-corrected chi connectivity index (χ0v) is 28.9. The van der Waals surface area contributed by atoms with Crippen LogP contribution in [0.2, 0.25) is 0 Å². The Kier molecular flexibility index (Phi) is 13.2. The molecular formula is C33H40N6O10S. The molecule has 2 aromatic heterocycles. The van der Waals surface area contributed by atoms with Gasteiger partial charge in [0.15, 0.2) is 23.1 Å². The highest BCUT2D eigenvalue weighted by Gasteiger charge is 2.26. The molecule has 0 bridgehead atoms. The lowest BCUT2D eigenvalue weighted by Gasteiger charge is -2.20. The molecule has 0 saturated heterocycles. The molecule has 0 aliphatic heterocycles. The summed E-state index contributed by atoms with van der Waals surface area (Å²) < 4.78 is 58.6. The number of sulfonamides is 1. The van der Waals surface area contributed by atoms with Gasteiger partial charge in [0, 0.05) is 12.4 Å². The summed E-state index contributed by atoms with van der Waals surface area (Å²) in [7, 11) is -2.75. The number of nitrogens with one attached hydrogen (secondary N) is 1. The van der Waals surface area contributed by atoms with E-state index >= 15 is 0 Å². The van der Waals surface area contributed by atoms with E-state index < -0.39 is 10.0 Å². The van der Waals surface area contributed by atoms with Gasteiger partial charge in [0.2, 0.25) is 11.6 Å². The predicted octanol–water partition coefficient (Wildman–Crippen LogP) is 5.51. The van der Waals surface area contributed by atoms with Crippen molar-refractivity contribution in [1.82, 2.24) is 25.3 Å². The van der Waals surface area contributed by atoms with Crippen molar-refractivity contribution in [1.29, 1.82) is 0 Å². The van der Waals surface area contributed by atoms with Gasteiger partial charge in [-0.2, -0.15) is 4.98 Å². The second kappa shape index (κ2) is 17.5. The van der Waals surface area contributed by atoms with Crippen LogP contribution in [-0.2, 0) is 29.7 Å². The standard InChI is InChI=1S/C33H40N6O10S/c1-23(45-19-8-9-20-48-39(40)41)46-21-22-47-32-28(49-27-12-7-6-11-26(27)44-5)29(36-31(37-32)30-34-17-10-18-35-30)38-50(42,43)25-15-13-24(14-16-25)33(2,3)4/h6-7,10-18,40-41H,1,8-9,19-22H2,2-5H3,(H,36,37,38). The molecule has 16 nitrogen and oxygen atoms in total. The Bertz CT molecular complexity index is 1800. The molecule has 0 fully saturated rings. The van der Waals surface area contributed by atoms with Crippen LogP contribution in [-0.4, -0.2) is 77.7 Å². The number of hydrogen-bond donors (Lipinski definition) is 3. The summed E-state index contributed by atoms with van der Waals surface area (Å²) in [5, 5.41) is 16.8. The van der Waals surface area contributed by atoms with Crippen molar-refractivity contribution in [2.24, 2.45) is 0 Å². The summed E-state index contributed by atoms with van der Waals surface area (Å²) in [5.74, 6) is 0.119. The Balaban J connectivity index is 1.62. The van der Waals surface area contributed by atoms with Gasteiger partial charge in [0.1, 0.15) is 13.2 Å². The summed E-state index contributed by atoms with van der Waals surface area (Å²) >= 11 is 0. The van der Waals surface area contributed by atoms with E-state index in [1.165, 1.54) is 31.6 Å². The summed E-state index contributed by atoms with van der Waals surface area (Å²) in [6, 6.07) is 14.9. The van der Waals surface area contributed by atoms with Gasteiger partial charge in [-0.05, 0) is 60.7 Å². The van der Waals surface area contributed by atoms with Crippen LogP contribution in [0.4, 0.5) is 5.82 Å². The van der Waals surface area contributed by atoms with Gasteiger partial charge in [-0.15, -0.1) is 0 Å². The molecule has 4 aromatic rings. The van der Waals surface area contributed by atoms with E-state index in [1.54, 1.807) is 42.5 Å². The molecule has 4 rings (SSSR count). The van der Waals surface area contributed by atoms with Gasteiger partial charge in [-0.3, -0.25) is 20.0 Å². The molecule has 0 atom stereocenters. The van der Waals surface area contributed by atoms with Gasteiger partial charge < -0.3 is 23.7 Å². The average molecular weight is 713 g/mol. The summed E-state index contributed by atoms with van der Waals surface area (Å²) in [6.45, 7) is 9.99. The zero-order chi connectivity index (χ0) is 36.1. The molecular weight excluding hydrogens is 672 g/mol. The minimum Gasteiger partial charge on any atom is -0.493 e. The number of benzene rings is 2. The minimum absolute atomic E-state index is 0.00413. The summed E-state index contributed by atoms with van der Waals surface area (Å²) in [6.07, 6.45) is 4.00. The SMILES string of the molecule is C=C(OCCCCON(O)O)OCCOc1nc(-c2ncccn2)nc(NS(=O)(=O)c2ccc(C(C)(C)C)cc2)c1Oc1ccccc1OC. The first-order valence-corrected chi connectivity index (χ1v) is 16.9. The second-order valence-electron chi connectivity index (χ2n) is 11.4. The molecule has 0 spiro atoms. The molecule has 0 unspecified atom stereocenters. The Labute approximate surface area is 290 Å². The summed E-state index contributed by atoms with van der Waals surface area (Å²) in [5.41, 5.74) is 0.775. The zero-order valence-electron chi connectivity index (χ0n) is 28.1. The number of unbranched alkanes of at least 4 members (excludes halogenated alkanes) is 1. The highest BCUT2D eigenvalue weighted by Crippen LogP contribution is 2.41. The van der Waals surface area contributed by atoms with Crippen LogP contribution in [0.3, 0.4) is 0 Å². The lowest BCUT2D eigenvalue weighted by Crippen LogP contribution is -2.17. The number of rotatable bonds is 19. The highest BCUT2D eigenvalue weighted by atomic mass is 32.2. The van der Waals surface area contributed by atoms with Crippen LogP contribution < -0.4 is 18.9 Å². The molecule has 2 aromatic carbocycles. The fourth-order valence-electron chi connectivity index (χ4n) is 4.21. The molecule has 0 aliphatic carbocycles. The number of methoxy groups -OCH3 is 1. The van der Waals surface area contributed by atoms with E-state index in [-0.39, 0.29) is 82.9 Å². The van der Waals surface area contributed by atoms with E-state index in [1.807, 2.05) is 20.8 Å². The minimum atomic E-state index is -4.21. The molecule has 0 aliphatic rings. The number of ether oxygens (including phenoxy) is 5. The number of hydrogen-bond acceptors (Lipinski definition) is 15. The first-order chi connectivity index (χ1) is 23.9. The third kappa shape index (κ3) is 11.0. The Morgan fingerprint density at radius 1 is 0.860 bits per heavy atom. The van der Waals surface area contributed by atoms with Crippen molar-refractivity contribution in [3.8, 4) is 34.8 Å². The maximum Gasteiger partial charge on any atom is 0.271 e. The number of anilines is 1. The normalized spacial score (nSPS) is 11.6. The number of nitrogens with zero attached hydrogens (tertiary/aromatic N) is 5. The van der Waals surface area contributed by atoms with E-state index in [0.717, 1.165) is 5.56 Å². The van der Waals surface area contributed by atoms with Crippen LogP contribution in [0.1, 0.15) is 39.2 Å². The Hall–Kier alpha value is -5.07. The molecule has 268 valence electrons. The molecule has 0 amide bonds. The maximum atomic E-state index is 13.8. The number of para-hydroxylation sites is 2. The van der Waals surface area contributed by atoms with Crippen LogP contribution >= 0.6 is 0 Å². The molecule has 17 heteroatoms. The van der Waals surface area contributed by atoms with Crippen LogP contribution in [0.5, 0.6) is 23.1 Å². The quantitative estimate of drug-likeness (QED) is 0.0625. The van der Waals surface area contributed by atoms with Gasteiger partial charge in [-0.25, -0.2) is 23.4 Å². The van der Waals surface area contributed by atoms with Crippen molar-refractivity contribution < 1.29 is 47.4 Å².